The first-order valence-corrected chi connectivity index (χ1v) is 9.01. The van der Waals surface area contributed by atoms with E-state index in [-0.39, 0.29) is 29.1 Å². The molecule has 0 fully saturated rings. The molecule has 0 aliphatic rings. The molecule has 0 saturated heterocycles. The summed E-state index contributed by atoms with van der Waals surface area (Å²) in [5, 5.41) is 4.41. The number of aryl methyl sites for hydroxylation is 1. The Kier molecular flexibility index (Phi) is 5.21. The van der Waals surface area contributed by atoms with E-state index in [4.69, 9.17) is 0 Å². The maximum Gasteiger partial charge on any atom is 0.268 e. The molecule has 26 heavy (non-hydrogen) atoms. The van der Waals surface area contributed by atoms with Gasteiger partial charge in [-0.3, -0.25) is 9.59 Å². The quantitative estimate of drug-likeness (QED) is 0.725. The third-order valence-corrected chi connectivity index (χ3v) is 4.70. The monoisotopic (exact) mass is 348 g/mol. The fraction of sp³-hybridized carbons (Fsp3) is 0.273. The predicted octanol–water partition coefficient (Wildman–Crippen LogP) is 4.22. The Morgan fingerprint density at radius 3 is 2.42 bits per heavy atom. The third-order valence-electron chi connectivity index (χ3n) is 4.70. The highest BCUT2D eigenvalue weighted by atomic mass is 16.2. The highest BCUT2D eigenvalue weighted by Crippen LogP contribution is 2.23. The second-order valence-corrected chi connectivity index (χ2v) is 6.89. The number of pyridine rings is 1. The van der Waals surface area contributed by atoms with Gasteiger partial charge < -0.3 is 10.3 Å². The molecule has 1 aromatic heterocycles. The van der Waals surface area contributed by atoms with Gasteiger partial charge in [-0.05, 0) is 41.0 Å². The first-order valence-electron chi connectivity index (χ1n) is 9.01. The van der Waals surface area contributed by atoms with E-state index >= 15 is 0 Å². The van der Waals surface area contributed by atoms with Crippen molar-refractivity contribution >= 4 is 16.7 Å². The van der Waals surface area contributed by atoms with Crippen LogP contribution in [0.1, 0.15) is 48.4 Å². The van der Waals surface area contributed by atoms with Gasteiger partial charge in [-0.15, -0.1) is 0 Å². The number of carbonyl (C=O) groups is 1. The van der Waals surface area contributed by atoms with Gasteiger partial charge in [0, 0.05) is 5.39 Å². The molecule has 2 N–H and O–H groups in total. The van der Waals surface area contributed by atoms with Crippen molar-refractivity contribution in [2.45, 2.75) is 33.2 Å². The van der Waals surface area contributed by atoms with Gasteiger partial charge in [0.2, 0.25) is 0 Å². The van der Waals surface area contributed by atoms with Gasteiger partial charge >= 0.3 is 0 Å². The molecule has 0 saturated carbocycles. The topological polar surface area (TPSA) is 62.0 Å². The highest BCUT2D eigenvalue weighted by Gasteiger charge is 2.20. The van der Waals surface area contributed by atoms with Crippen molar-refractivity contribution in [1.82, 2.24) is 10.3 Å². The van der Waals surface area contributed by atoms with E-state index in [0.29, 0.717) is 5.39 Å². The summed E-state index contributed by atoms with van der Waals surface area (Å²) in [5.41, 5.74) is 2.36. The van der Waals surface area contributed by atoms with Crippen LogP contribution >= 0.6 is 0 Å². The number of hydrogen-bond acceptors (Lipinski definition) is 2. The van der Waals surface area contributed by atoms with E-state index in [0.717, 1.165) is 17.4 Å². The van der Waals surface area contributed by atoms with Gasteiger partial charge in [0.15, 0.2) is 0 Å². The molecule has 0 radical (unpaired) electrons. The van der Waals surface area contributed by atoms with E-state index < -0.39 is 0 Å². The van der Waals surface area contributed by atoms with E-state index in [1.807, 2.05) is 18.2 Å². The van der Waals surface area contributed by atoms with Crippen LogP contribution in [0, 0.1) is 5.92 Å². The molecule has 4 heteroatoms. The number of fused-ring (bicyclic) bond motifs is 1. The van der Waals surface area contributed by atoms with Gasteiger partial charge in [-0.25, -0.2) is 0 Å². The Morgan fingerprint density at radius 1 is 1.08 bits per heavy atom. The molecule has 3 aromatic rings. The third kappa shape index (κ3) is 3.69. The Labute approximate surface area is 153 Å². The summed E-state index contributed by atoms with van der Waals surface area (Å²) in [7, 11) is 0. The number of carbonyl (C=O) groups excluding carboxylic acids is 1. The van der Waals surface area contributed by atoms with Crippen LogP contribution in [0.5, 0.6) is 0 Å². The minimum atomic E-state index is -0.272. The Morgan fingerprint density at radius 2 is 1.77 bits per heavy atom. The van der Waals surface area contributed by atoms with Crippen molar-refractivity contribution in [2.75, 3.05) is 0 Å². The van der Waals surface area contributed by atoms with Crippen LogP contribution in [0.15, 0.2) is 59.4 Å². The van der Waals surface area contributed by atoms with E-state index in [1.165, 1.54) is 5.56 Å². The molecular formula is C22H24N2O2. The standard InChI is InChI=1S/C22H24N2O2/c1-4-15-9-11-16(12-10-15)20(14(2)3)24-22(26)19-13-17-7-5-6-8-18(17)21(25)23-19/h5-14,20H,4H2,1-3H3,(H,23,25)(H,24,26). The lowest BCUT2D eigenvalue weighted by atomic mass is 9.94. The van der Waals surface area contributed by atoms with Crippen LogP contribution < -0.4 is 10.9 Å². The highest BCUT2D eigenvalue weighted by molar-refractivity contribution is 5.96. The summed E-state index contributed by atoms with van der Waals surface area (Å²) in [6.07, 6.45) is 0.983. The Bertz CT molecular complexity index is 971. The number of benzene rings is 2. The number of aromatic amines is 1. The molecule has 4 nitrogen and oxygen atoms in total. The number of hydrogen-bond donors (Lipinski definition) is 2. The van der Waals surface area contributed by atoms with Gasteiger partial charge in [0.05, 0.1) is 6.04 Å². The maximum atomic E-state index is 12.8. The summed E-state index contributed by atoms with van der Waals surface area (Å²) in [6.45, 7) is 6.26. The van der Waals surface area contributed by atoms with Crippen LogP contribution in [0.25, 0.3) is 10.8 Å². The number of aromatic nitrogens is 1. The molecule has 0 bridgehead atoms. The number of amides is 1. The summed E-state index contributed by atoms with van der Waals surface area (Å²) >= 11 is 0. The molecule has 1 amide bonds. The summed E-state index contributed by atoms with van der Waals surface area (Å²) in [5.74, 6) is -0.0512. The molecule has 0 aliphatic carbocycles. The van der Waals surface area contributed by atoms with Gasteiger partial charge in [-0.1, -0.05) is 63.2 Å². The molecular weight excluding hydrogens is 324 g/mol. The van der Waals surface area contributed by atoms with Crippen molar-refractivity contribution in [3.8, 4) is 0 Å². The SMILES string of the molecule is CCc1ccc(C(NC(=O)c2cc3ccccc3c(=O)[nH]2)C(C)C)cc1. The lowest BCUT2D eigenvalue weighted by Gasteiger charge is -2.23. The fourth-order valence-electron chi connectivity index (χ4n) is 3.15. The molecule has 3 rings (SSSR count). The lowest BCUT2D eigenvalue weighted by molar-refractivity contribution is 0.0920. The van der Waals surface area contributed by atoms with Crippen LogP contribution in [0.3, 0.4) is 0 Å². The minimum Gasteiger partial charge on any atom is -0.344 e. The second kappa shape index (κ2) is 7.56. The van der Waals surface area contributed by atoms with Crippen LogP contribution in [0.2, 0.25) is 0 Å². The summed E-state index contributed by atoms with van der Waals surface area (Å²) in [6, 6.07) is 17.2. The summed E-state index contributed by atoms with van der Waals surface area (Å²) in [4.78, 5) is 27.7. The Hall–Kier alpha value is -2.88. The second-order valence-electron chi connectivity index (χ2n) is 6.89. The maximum absolute atomic E-state index is 12.8. The first-order chi connectivity index (χ1) is 12.5. The van der Waals surface area contributed by atoms with Crippen molar-refractivity contribution < 1.29 is 4.79 Å². The van der Waals surface area contributed by atoms with Crippen LogP contribution in [0.4, 0.5) is 0 Å². The smallest absolute Gasteiger partial charge is 0.268 e. The number of H-pyrrole nitrogens is 1. The average molecular weight is 348 g/mol. The Balaban J connectivity index is 1.89. The van der Waals surface area contributed by atoms with E-state index in [9.17, 15) is 9.59 Å². The van der Waals surface area contributed by atoms with Crippen molar-refractivity contribution in [3.63, 3.8) is 0 Å². The largest absolute Gasteiger partial charge is 0.344 e. The fourth-order valence-corrected chi connectivity index (χ4v) is 3.15. The molecule has 1 atom stereocenters. The molecule has 0 spiro atoms. The normalized spacial score (nSPS) is 12.3. The molecule has 2 aromatic carbocycles. The average Bonchev–Trinajstić information content (AvgIpc) is 2.65. The summed E-state index contributed by atoms with van der Waals surface area (Å²) < 4.78 is 0. The molecule has 1 heterocycles. The lowest BCUT2D eigenvalue weighted by Crippen LogP contribution is -2.33. The zero-order chi connectivity index (χ0) is 18.7. The van der Waals surface area contributed by atoms with Crippen molar-refractivity contribution in [3.05, 3.63) is 81.8 Å². The zero-order valence-electron chi connectivity index (χ0n) is 15.4. The zero-order valence-corrected chi connectivity index (χ0v) is 15.4. The van der Waals surface area contributed by atoms with Gasteiger partial charge in [-0.2, -0.15) is 0 Å². The van der Waals surface area contributed by atoms with Crippen molar-refractivity contribution in [1.29, 1.82) is 0 Å². The number of rotatable bonds is 5. The van der Waals surface area contributed by atoms with E-state index in [2.05, 4.69) is 55.3 Å². The molecule has 0 aliphatic heterocycles. The minimum absolute atomic E-state index is 0.122. The van der Waals surface area contributed by atoms with Crippen LogP contribution in [-0.2, 0) is 6.42 Å². The molecule has 1 unspecified atom stereocenters. The number of nitrogens with one attached hydrogen (secondary N) is 2. The van der Waals surface area contributed by atoms with Gasteiger partial charge in [0.25, 0.3) is 11.5 Å². The predicted molar refractivity (Wildman–Crippen MR) is 105 cm³/mol. The van der Waals surface area contributed by atoms with Crippen LogP contribution in [-0.4, -0.2) is 10.9 Å². The van der Waals surface area contributed by atoms with Crippen molar-refractivity contribution in [2.24, 2.45) is 5.92 Å². The van der Waals surface area contributed by atoms with Gasteiger partial charge in [0.1, 0.15) is 5.69 Å². The first kappa shape index (κ1) is 17.9. The molecule has 134 valence electrons. The van der Waals surface area contributed by atoms with E-state index in [1.54, 1.807) is 12.1 Å².